The molecule has 0 radical (unpaired) electrons. The summed E-state index contributed by atoms with van der Waals surface area (Å²) in [6.45, 7) is 0. The van der Waals surface area contributed by atoms with Crippen molar-refractivity contribution in [2.24, 2.45) is 7.05 Å². The summed E-state index contributed by atoms with van der Waals surface area (Å²) in [5, 5.41) is 22.7. The largest absolute Gasteiger partial charge is 0.275 e. The Bertz CT molecular complexity index is 634. The van der Waals surface area contributed by atoms with E-state index in [-0.39, 0.29) is 5.57 Å². The van der Waals surface area contributed by atoms with Crippen LogP contribution in [0.2, 0.25) is 0 Å². The highest BCUT2D eigenvalue weighted by Crippen LogP contribution is 2.18. The third-order valence-corrected chi connectivity index (χ3v) is 2.22. The third kappa shape index (κ3) is 1.65. The number of hydrogen-bond acceptors (Lipinski definition) is 3. The number of nitrogens with zero attached hydrogens (tertiary/aromatic N) is 4. The van der Waals surface area contributed by atoms with Crippen molar-refractivity contribution in [2.75, 3.05) is 0 Å². The smallest absolute Gasteiger partial charge is 0.130 e. The van der Waals surface area contributed by atoms with Gasteiger partial charge in [-0.15, -0.1) is 0 Å². The molecule has 0 aliphatic rings. The summed E-state index contributed by atoms with van der Waals surface area (Å²) in [4.78, 5) is 0. The van der Waals surface area contributed by atoms with Crippen molar-refractivity contribution in [3.8, 4) is 12.1 Å². The lowest BCUT2D eigenvalue weighted by Crippen LogP contribution is -1.86. The Balaban J connectivity index is 2.67. The molecule has 1 aromatic carbocycles. The van der Waals surface area contributed by atoms with E-state index in [9.17, 15) is 0 Å². The number of aryl methyl sites for hydroxylation is 1. The van der Waals surface area contributed by atoms with Gasteiger partial charge in [-0.2, -0.15) is 15.6 Å². The van der Waals surface area contributed by atoms with Gasteiger partial charge in [0.15, 0.2) is 0 Å². The summed E-state index contributed by atoms with van der Waals surface area (Å²) in [6.07, 6.45) is 3.44. The van der Waals surface area contributed by atoms with Crippen molar-refractivity contribution in [3.05, 3.63) is 35.5 Å². The molecule has 0 unspecified atom stereocenters. The molecular weight excluding hydrogens is 200 g/mol. The van der Waals surface area contributed by atoms with E-state index in [0.717, 1.165) is 16.5 Å². The van der Waals surface area contributed by atoms with Crippen molar-refractivity contribution in [3.63, 3.8) is 0 Å². The van der Waals surface area contributed by atoms with E-state index >= 15 is 0 Å². The topological polar surface area (TPSA) is 65.4 Å². The van der Waals surface area contributed by atoms with Gasteiger partial charge in [0.05, 0.1) is 5.52 Å². The first-order chi connectivity index (χ1) is 7.74. The maximum absolute atomic E-state index is 8.70. The van der Waals surface area contributed by atoms with E-state index < -0.39 is 0 Å². The van der Waals surface area contributed by atoms with Crippen molar-refractivity contribution >= 4 is 17.0 Å². The summed E-state index contributed by atoms with van der Waals surface area (Å²) >= 11 is 0. The van der Waals surface area contributed by atoms with E-state index in [1.807, 2.05) is 43.6 Å². The van der Waals surface area contributed by atoms with Gasteiger partial charge >= 0.3 is 0 Å². The molecule has 2 aromatic rings. The molecule has 2 rings (SSSR count). The number of fused-ring (bicyclic) bond motifs is 1. The summed E-state index contributed by atoms with van der Waals surface area (Å²) < 4.78 is 1.71. The fourth-order valence-corrected chi connectivity index (χ4v) is 1.55. The minimum absolute atomic E-state index is 0.0816. The predicted octanol–water partition coefficient (Wildman–Crippen LogP) is 2.00. The quantitative estimate of drug-likeness (QED) is 0.673. The fourth-order valence-electron chi connectivity index (χ4n) is 1.55. The first-order valence-electron chi connectivity index (χ1n) is 4.69. The first kappa shape index (κ1) is 9.95. The minimum atomic E-state index is 0.0816. The number of aromatic nitrogens is 2. The van der Waals surface area contributed by atoms with Crippen molar-refractivity contribution < 1.29 is 0 Å². The average molecular weight is 208 g/mol. The Kier molecular flexibility index (Phi) is 2.41. The van der Waals surface area contributed by atoms with Gasteiger partial charge in [0.2, 0.25) is 0 Å². The molecule has 16 heavy (non-hydrogen) atoms. The van der Waals surface area contributed by atoms with Gasteiger partial charge in [-0.3, -0.25) is 4.68 Å². The lowest BCUT2D eigenvalue weighted by molar-refractivity contribution is 0.779. The average Bonchev–Trinajstić information content (AvgIpc) is 2.67. The van der Waals surface area contributed by atoms with Gasteiger partial charge in [-0.25, -0.2) is 0 Å². The number of hydrogen-bond donors (Lipinski definition) is 0. The van der Waals surface area contributed by atoms with Crippen molar-refractivity contribution in [1.82, 2.24) is 9.78 Å². The zero-order chi connectivity index (χ0) is 11.5. The molecular formula is C12H8N4. The highest BCUT2D eigenvalue weighted by atomic mass is 15.2. The van der Waals surface area contributed by atoms with Crippen LogP contribution in [-0.2, 0) is 7.05 Å². The first-order valence-corrected chi connectivity index (χ1v) is 4.69. The molecule has 1 aromatic heterocycles. The molecule has 0 amide bonds. The second kappa shape index (κ2) is 3.88. The van der Waals surface area contributed by atoms with Crippen LogP contribution in [0, 0.1) is 22.7 Å². The van der Waals surface area contributed by atoms with Crippen LogP contribution < -0.4 is 0 Å². The van der Waals surface area contributed by atoms with Crippen LogP contribution in [0.3, 0.4) is 0 Å². The van der Waals surface area contributed by atoms with E-state index in [1.165, 1.54) is 0 Å². The molecule has 0 spiro atoms. The van der Waals surface area contributed by atoms with Crippen molar-refractivity contribution in [2.45, 2.75) is 0 Å². The molecule has 0 saturated heterocycles. The van der Waals surface area contributed by atoms with Gasteiger partial charge in [0.25, 0.3) is 0 Å². The fraction of sp³-hybridized carbons (Fsp3) is 0.0833. The van der Waals surface area contributed by atoms with Gasteiger partial charge in [-0.1, -0.05) is 18.2 Å². The summed E-state index contributed by atoms with van der Waals surface area (Å²) in [5.74, 6) is 0. The van der Waals surface area contributed by atoms with Crippen LogP contribution in [0.1, 0.15) is 5.56 Å². The predicted molar refractivity (Wildman–Crippen MR) is 59.9 cm³/mol. The van der Waals surface area contributed by atoms with Crippen molar-refractivity contribution in [1.29, 1.82) is 10.5 Å². The molecule has 1 heterocycles. The molecule has 0 atom stereocenters. The molecule has 0 bridgehead atoms. The Morgan fingerprint density at radius 1 is 1.38 bits per heavy atom. The minimum Gasteiger partial charge on any atom is -0.275 e. The summed E-state index contributed by atoms with van der Waals surface area (Å²) in [5.41, 5.74) is 1.67. The Morgan fingerprint density at radius 2 is 2.12 bits per heavy atom. The zero-order valence-corrected chi connectivity index (χ0v) is 8.68. The number of allylic oxidation sites excluding steroid dienone is 1. The van der Waals surface area contributed by atoms with Crippen LogP contribution in [-0.4, -0.2) is 9.78 Å². The monoisotopic (exact) mass is 208 g/mol. The molecule has 4 nitrogen and oxygen atoms in total. The maximum atomic E-state index is 8.70. The van der Waals surface area contributed by atoms with E-state index in [1.54, 1.807) is 10.8 Å². The van der Waals surface area contributed by atoms with Crippen LogP contribution in [0.15, 0.2) is 30.0 Å². The number of rotatable bonds is 1. The van der Waals surface area contributed by atoms with Crippen LogP contribution in [0.25, 0.3) is 17.0 Å². The molecule has 4 heteroatoms. The lowest BCUT2D eigenvalue weighted by Gasteiger charge is -1.93. The van der Waals surface area contributed by atoms with Gasteiger partial charge in [-0.05, 0) is 6.08 Å². The lowest BCUT2D eigenvalue weighted by atomic mass is 10.1. The van der Waals surface area contributed by atoms with Crippen LogP contribution >= 0.6 is 0 Å². The van der Waals surface area contributed by atoms with Crippen LogP contribution in [0.5, 0.6) is 0 Å². The molecule has 0 N–H and O–H groups in total. The Morgan fingerprint density at radius 3 is 2.81 bits per heavy atom. The highest BCUT2D eigenvalue weighted by molar-refractivity contribution is 5.88. The Labute approximate surface area is 92.6 Å². The molecule has 0 aliphatic carbocycles. The highest BCUT2D eigenvalue weighted by Gasteiger charge is 2.03. The third-order valence-electron chi connectivity index (χ3n) is 2.22. The van der Waals surface area contributed by atoms with E-state index in [4.69, 9.17) is 10.5 Å². The van der Waals surface area contributed by atoms with Gasteiger partial charge in [0.1, 0.15) is 17.7 Å². The normalized spacial score (nSPS) is 9.44. The molecule has 0 fully saturated rings. The standard InChI is InChI=1S/C12H8N4/c1-16-8-11-4-2-3-10(12(11)15-16)5-9(6-13)7-14/h2-5,8H,1H3. The van der Waals surface area contributed by atoms with Gasteiger partial charge < -0.3 is 0 Å². The Hall–Kier alpha value is -2.59. The summed E-state index contributed by atoms with van der Waals surface area (Å²) in [7, 11) is 1.84. The maximum Gasteiger partial charge on any atom is 0.130 e. The zero-order valence-electron chi connectivity index (χ0n) is 8.68. The van der Waals surface area contributed by atoms with E-state index in [2.05, 4.69) is 5.10 Å². The van der Waals surface area contributed by atoms with Crippen LogP contribution in [0.4, 0.5) is 0 Å². The number of benzene rings is 1. The molecule has 0 aliphatic heterocycles. The summed E-state index contributed by atoms with van der Waals surface area (Å²) in [6, 6.07) is 9.33. The van der Waals surface area contributed by atoms with Gasteiger partial charge in [0, 0.05) is 24.2 Å². The second-order valence-corrected chi connectivity index (χ2v) is 3.37. The number of nitriles is 2. The molecule has 76 valence electrons. The molecule has 0 saturated carbocycles. The SMILES string of the molecule is Cn1cc2cccc(C=C(C#N)C#N)c2n1. The second-order valence-electron chi connectivity index (χ2n) is 3.37. The van der Waals surface area contributed by atoms with E-state index in [0.29, 0.717) is 0 Å².